The van der Waals surface area contributed by atoms with Gasteiger partial charge in [-0.1, -0.05) is 19.8 Å². The number of phosphoric ester groups is 1. The van der Waals surface area contributed by atoms with Crippen LogP contribution >= 0.6 is 7.82 Å². The first kappa shape index (κ1) is 12.1. The third kappa shape index (κ3) is 8.17. The summed E-state index contributed by atoms with van der Waals surface area (Å²) in [6.07, 6.45) is 1.03. The van der Waals surface area contributed by atoms with Crippen LogP contribution in [-0.4, -0.2) is 16.1 Å². The summed E-state index contributed by atoms with van der Waals surface area (Å²) in [7, 11) is -4.58. The zero-order chi connectivity index (χ0) is 9.61. The molecule has 5 nitrogen and oxygen atoms in total. The number of hydrogen-bond donors (Lipinski definition) is 2. The largest absolute Gasteiger partial charge is 0.472 e. The summed E-state index contributed by atoms with van der Waals surface area (Å²) < 4.78 is 14.0. The highest BCUT2D eigenvalue weighted by molar-refractivity contribution is 7.46. The topological polar surface area (TPSA) is 86.7 Å². The van der Waals surface area contributed by atoms with Crippen LogP contribution in [0.2, 0.25) is 0 Å². The van der Waals surface area contributed by atoms with Crippen LogP contribution in [0, 0.1) is 0 Å². The highest BCUT2D eigenvalue weighted by Gasteiger charge is 2.20. The molecule has 0 heterocycles. The van der Waals surface area contributed by atoms with Crippen molar-refractivity contribution in [3.05, 3.63) is 0 Å². The Balaban J connectivity index is 3.46. The summed E-state index contributed by atoms with van der Waals surface area (Å²) in [5, 5.41) is 10.7. The Labute approximate surface area is 71.6 Å². The van der Waals surface area contributed by atoms with Gasteiger partial charge in [-0.25, -0.2) is 9.67 Å². The van der Waals surface area contributed by atoms with Crippen LogP contribution in [0.3, 0.4) is 0 Å². The second-order valence-electron chi connectivity index (χ2n) is 2.52. The van der Waals surface area contributed by atoms with E-state index in [1.807, 2.05) is 6.92 Å². The molecule has 0 bridgehead atoms. The lowest BCUT2D eigenvalue weighted by Gasteiger charge is -2.09. The van der Waals surface area contributed by atoms with Gasteiger partial charge in [-0.3, -0.25) is 4.52 Å². The van der Waals surface area contributed by atoms with Crippen LogP contribution in [0.15, 0.2) is 0 Å². The van der Waals surface area contributed by atoms with Crippen molar-refractivity contribution in [3.63, 3.8) is 0 Å². The lowest BCUT2D eigenvalue weighted by atomic mass is 10.2. The quantitative estimate of drug-likeness (QED) is 0.383. The number of rotatable bonds is 6. The molecule has 0 saturated carbocycles. The standard InChI is InChI=1S/C6H14O5P/c1-2-3-4-5-6(7)11-12(8,9)10/h6H,2-5H2,1H3,(H2,8,9,10). The highest BCUT2D eigenvalue weighted by Crippen LogP contribution is 2.37. The Morgan fingerprint density at radius 1 is 1.42 bits per heavy atom. The van der Waals surface area contributed by atoms with Crippen LogP contribution in [0.25, 0.3) is 0 Å². The number of phosphoric acid groups is 1. The highest BCUT2D eigenvalue weighted by atomic mass is 31.2. The first-order chi connectivity index (χ1) is 5.45. The summed E-state index contributed by atoms with van der Waals surface area (Å²) in [6.45, 7) is 1.98. The van der Waals surface area contributed by atoms with E-state index in [1.165, 1.54) is 0 Å². The Morgan fingerprint density at radius 3 is 2.42 bits per heavy atom. The Bertz CT molecular complexity index is 154. The lowest BCUT2D eigenvalue weighted by Crippen LogP contribution is -2.07. The van der Waals surface area contributed by atoms with Gasteiger partial charge in [-0.2, -0.15) is 0 Å². The van der Waals surface area contributed by atoms with Crippen molar-refractivity contribution < 1.29 is 24.0 Å². The molecule has 0 spiro atoms. The first-order valence-corrected chi connectivity index (χ1v) is 5.38. The van der Waals surface area contributed by atoms with Gasteiger partial charge in [0.25, 0.3) is 0 Å². The fraction of sp³-hybridized carbons (Fsp3) is 1.00. The normalized spacial score (nSPS) is 14.7. The van der Waals surface area contributed by atoms with Gasteiger partial charge in [0.05, 0.1) is 0 Å². The molecule has 0 saturated heterocycles. The smallest absolute Gasteiger partial charge is 0.303 e. The van der Waals surface area contributed by atoms with E-state index in [4.69, 9.17) is 9.79 Å². The van der Waals surface area contributed by atoms with Crippen molar-refractivity contribution in [2.45, 2.75) is 38.9 Å². The predicted octanol–water partition coefficient (Wildman–Crippen LogP) is 1.43. The summed E-state index contributed by atoms with van der Waals surface area (Å²) in [6, 6.07) is 0. The van der Waals surface area contributed by atoms with E-state index in [9.17, 15) is 9.67 Å². The van der Waals surface area contributed by atoms with Crippen LogP contribution < -0.4 is 0 Å². The second kappa shape index (κ2) is 5.67. The minimum atomic E-state index is -4.58. The molecule has 0 aliphatic carbocycles. The molecule has 73 valence electrons. The molecule has 0 fully saturated rings. The van der Waals surface area contributed by atoms with Gasteiger partial charge < -0.3 is 9.79 Å². The van der Waals surface area contributed by atoms with E-state index in [1.54, 1.807) is 0 Å². The Morgan fingerprint density at radius 2 is 2.00 bits per heavy atom. The fourth-order valence-electron chi connectivity index (χ4n) is 0.767. The predicted molar refractivity (Wildman–Crippen MR) is 41.7 cm³/mol. The van der Waals surface area contributed by atoms with E-state index in [0.717, 1.165) is 12.8 Å². The Hall–Kier alpha value is 0.0700. The van der Waals surface area contributed by atoms with Gasteiger partial charge in [0.2, 0.25) is 6.29 Å². The van der Waals surface area contributed by atoms with Gasteiger partial charge in [-0.05, 0) is 6.42 Å². The number of unbranched alkanes of at least 4 members (excludes halogenated alkanes) is 2. The molecule has 0 rings (SSSR count). The molecule has 0 aromatic rings. The van der Waals surface area contributed by atoms with Crippen LogP contribution in [-0.2, 0) is 14.2 Å². The summed E-state index contributed by atoms with van der Waals surface area (Å²) in [5.74, 6) is 0. The first-order valence-electron chi connectivity index (χ1n) is 3.85. The molecule has 0 aliphatic heterocycles. The van der Waals surface area contributed by atoms with Crippen molar-refractivity contribution in [2.24, 2.45) is 0 Å². The zero-order valence-corrected chi connectivity index (χ0v) is 7.87. The van der Waals surface area contributed by atoms with Crippen LogP contribution in [0.5, 0.6) is 0 Å². The van der Waals surface area contributed by atoms with E-state index in [0.29, 0.717) is 6.42 Å². The third-order valence-electron chi connectivity index (χ3n) is 1.30. The van der Waals surface area contributed by atoms with Crippen molar-refractivity contribution in [2.75, 3.05) is 0 Å². The second-order valence-corrected chi connectivity index (χ2v) is 3.71. The summed E-state index contributed by atoms with van der Waals surface area (Å²) >= 11 is 0. The molecule has 1 radical (unpaired) electrons. The molecule has 0 amide bonds. The molecule has 2 N–H and O–H groups in total. The average Bonchev–Trinajstić information content (AvgIpc) is 1.84. The molecule has 0 aliphatic rings. The van der Waals surface area contributed by atoms with Crippen molar-refractivity contribution >= 4 is 7.82 Å². The van der Waals surface area contributed by atoms with Crippen LogP contribution in [0.4, 0.5) is 0 Å². The average molecular weight is 197 g/mol. The summed E-state index contributed by atoms with van der Waals surface area (Å²) in [5.41, 5.74) is 0. The molecule has 12 heavy (non-hydrogen) atoms. The van der Waals surface area contributed by atoms with E-state index < -0.39 is 14.1 Å². The van der Waals surface area contributed by atoms with E-state index >= 15 is 0 Å². The van der Waals surface area contributed by atoms with Gasteiger partial charge >= 0.3 is 7.82 Å². The molecule has 6 heteroatoms. The SMILES string of the molecule is CCCCCC([O])OP(=O)(O)O. The fourth-order valence-corrected chi connectivity index (χ4v) is 1.18. The Kier molecular flexibility index (Phi) is 5.70. The number of hydrogen-bond acceptors (Lipinski definition) is 2. The van der Waals surface area contributed by atoms with Gasteiger partial charge in [0.1, 0.15) is 0 Å². The molecule has 0 aromatic carbocycles. The maximum atomic E-state index is 10.7. The molecule has 0 aromatic heterocycles. The van der Waals surface area contributed by atoms with Gasteiger partial charge in [-0.15, -0.1) is 0 Å². The van der Waals surface area contributed by atoms with E-state index in [2.05, 4.69) is 4.52 Å². The van der Waals surface area contributed by atoms with Crippen molar-refractivity contribution in [1.29, 1.82) is 0 Å². The minimum Gasteiger partial charge on any atom is -0.303 e. The minimum absolute atomic E-state index is 0.152. The lowest BCUT2D eigenvalue weighted by molar-refractivity contribution is -0.0899. The molecular weight excluding hydrogens is 183 g/mol. The zero-order valence-electron chi connectivity index (χ0n) is 6.97. The maximum absolute atomic E-state index is 10.7. The molecule has 1 atom stereocenters. The van der Waals surface area contributed by atoms with Crippen molar-refractivity contribution in [3.8, 4) is 0 Å². The van der Waals surface area contributed by atoms with Crippen molar-refractivity contribution in [1.82, 2.24) is 0 Å². The monoisotopic (exact) mass is 197 g/mol. The van der Waals surface area contributed by atoms with Gasteiger partial charge in [0.15, 0.2) is 0 Å². The summed E-state index contributed by atoms with van der Waals surface area (Å²) in [4.78, 5) is 16.5. The van der Waals surface area contributed by atoms with Crippen LogP contribution in [0.1, 0.15) is 32.6 Å². The van der Waals surface area contributed by atoms with Gasteiger partial charge in [0, 0.05) is 6.42 Å². The molecule has 1 unspecified atom stereocenters. The molecular formula is C6H14O5P. The van der Waals surface area contributed by atoms with E-state index in [-0.39, 0.29) is 6.42 Å². The maximum Gasteiger partial charge on any atom is 0.472 e. The third-order valence-corrected chi connectivity index (χ3v) is 1.81.